The molecule has 0 bridgehead atoms. The van der Waals surface area contributed by atoms with Gasteiger partial charge in [-0.1, -0.05) is 11.6 Å². The fraction of sp³-hybridized carbons (Fsp3) is 0.154. The average Bonchev–Trinajstić information content (AvgIpc) is 2.33. The molecule has 18 heavy (non-hydrogen) atoms. The zero-order valence-electron chi connectivity index (χ0n) is 10.00. The van der Waals surface area contributed by atoms with Crippen molar-refractivity contribution in [3.63, 3.8) is 0 Å². The third-order valence-corrected chi connectivity index (χ3v) is 3.23. The minimum atomic E-state index is 0.640. The summed E-state index contributed by atoms with van der Waals surface area (Å²) in [6.07, 6.45) is 1.80. The number of benzene rings is 1. The van der Waals surface area contributed by atoms with Crippen LogP contribution in [0.25, 0.3) is 0 Å². The molecule has 1 N–H and O–H groups in total. The van der Waals surface area contributed by atoms with E-state index in [0.29, 0.717) is 10.8 Å². The van der Waals surface area contributed by atoms with Gasteiger partial charge in [-0.3, -0.25) is 0 Å². The third kappa shape index (κ3) is 2.94. The lowest BCUT2D eigenvalue weighted by molar-refractivity contribution is 0.417. The molecule has 0 atom stereocenters. The van der Waals surface area contributed by atoms with Crippen LogP contribution < -0.4 is 10.1 Å². The number of anilines is 2. The van der Waals surface area contributed by atoms with Crippen molar-refractivity contribution in [1.82, 2.24) is 4.98 Å². The molecule has 0 aliphatic heterocycles. The molecule has 0 saturated heterocycles. The second kappa shape index (κ2) is 5.59. The van der Waals surface area contributed by atoms with Crippen LogP contribution >= 0.6 is 27.5 Å². The molecule has 0 aliphatic rings. The number of hydrogen-bond acceptors (Lipinski definition) is 3. The molecular formula is C13H12BrClN2O. The zero-order chi connectivity index (χ0) is 13.1. The van der Waals surface area contributed by atoms with Crippen molar-refractivity contribution in [2.75, 3.05) is 12.4 Å². The largest absolute Gasteiger partial charge is 0.495 e. The third-order valence-electron chi connectivity index (χ3n) is 2.39. The Bertz CT molecular complexity index is 575. The van der Waals surface area contributed by atoms with Gasteiger partial charge in [0.05, 0.1) is 17.3 Å². The number of rotatable bonds is 3. The van der Waals surface area contributed by atoms with Crippen molar-refractivity contribution < 1.29 is 4.74 Å². The molecular weight excluding hydrogens is 316 g/mol. The topological polar surface area (TPSA) is 34.1 Å². The van der Waals surface area contributed by atoms with Crippen LogP contribution in [0.2, 0.25) is 5.02 Å². The highest BCUT2D eigenvalue weighted by molar-refractivity contribution is 9.10. The summed E-state index contributed by atoms with van der Waals surface area (Å²) in [5.41, 5.74) is 1.87. The van der Waals surface area contributed by atoms with Crippen molar-refractivity contribution in [2.24, 2.45) is 0 Å². The van der Waals surface area contributed by atoms with Crippen LogP contribution in [0.15, 0.2) is 34.9 Å². The first-order valence-corrected chi connectivity index (χ1v) is 6.50. The first-order valence-electron chi connectivity index (χ1n) is 5.33. The molecule has 5 heteroatoms. The summed E-state index contributed by atoms with van der Waals surface area (Å²) in [4.78, 5) is 4.32. The van der Waals surface area contributed by atoms with E-state index in [-0.39, 0.29) is 0 Å². The van der Waals surface area contributed by atoms with Gasteiger partial charge in [-0.05, 0) is 52.7 Å². The summed E-state index contributed by atoms with van der Waals surface area (Å²) in [6, 6.07) is 7.39. The summed E-state index contributed by atoms with van der Waals surface area (Å²) in [5, 5.41) is 3.83. The van der Waals surface area contributed by atoms with E-state index >= 15 is 0 Å². The number of hydrogen-bond donors (Lipinski definition) is 1. The highest BCUT2D eigenvalue weighted by atomic mass is 79.9. The van der Waals surface area contributed by atoms with Gasteiger partial charge >= 0.3 is 0 Å². The summed E-state index contributed by atoms with van der Waals surface area (Å²) in [5.74, 6) is 1.44. The van der Waals surface area contributed by atoms with E-state index in [1.54, 1.807) is 25.4 Å². The standard InChI is InChI=1S/C13H12BrClN2O/c1-8-5-10(14)13(16-7-8)17-11-6-9(15)3-4-12(11)18-2/h3-7H,1-2H3,(H,16,17). The Morgan fingerprint density at radius 2 is 2.11 bits per heavy atom. The summed E-state index contributed by atoms with van der Waals surface area (Å²) < 4.78 is 6.16. The van der Waals surface area contributed by atoms with Gasteiger partial charge in [-0.2, -0.15) is 0 Å². The summed E-state index contributed by atoms with van der Waals surface area (Å²) in [7, 11) is 1.62. The molecule has 1 aromatic heterocycles. The van der Waals surface area contributed by atoms with Crippen molar-refractivity contribution >= 4 is 39.0 Å². The Kier molecular flexibility index (Phi) is 4.09. The molecule has 0 unspecified atom stereocenters. The fourth-order valence-electron chi connectivity index (χ4n) is 1.53. The fourth-order valence-corrected chi connectivity index (χ4v) is 2.27. The first kappa shape index (κ1) is 13.2. The number of nitrogens with zero attached hydrogens (tertiary/aromatic N) is 1. The predicted molar refractivity (Wildman–Crippen MR) is 78.0 cm³/mol. The van der Waals surface area contributed by atoms with Crippen LogP contribution in [0.1, 0.15) is 5.56 Å². The van der Waals surface area contributed by atoms with E-state index in [9.17, 15) is 0 Å². The highest BCUT2D eigenvalue weighted by Crippen LogP contribution is 2.32. The Labute approximate surface area is 119 Å². The minimum absolute atomic E-state index is 0.640. The van der Waals surface area contributed by atoms with Gasteiger partial charge in [0.25, 0.3) is 0 Å². The minimum Gasteiger partial charge on any atom is -0.495 e. The molecule has 2 aromatic rings. The SMILES string of the molecule is COc1ccc(Cl)cc1Nc1ncc(C)cc1Br. The van der Waals surface area contributed by atoms with E-state index in [1.807, 2.05) is 19.1 Å². The highest BCUT2D eigenvalue weighted by Gasteiger charge is 2.07. The molecule has 0 saturated carbocycles. The van der Waals surface area contributed by atoms with E-state index in [1.165, 1.54) is 0 Å². The number of methoxy groups -OCH3 is 1. The molecule has 3 nitrogen and oxygen atoms in total. The molecule has 94 valence electrons. The maximum atomic E-state index is 5.98. The van der Waals surface area contributed by atoms with Crippen LogP contribution in [-0.2, 0) is 0 Å². The Hall–Kier alpha value is -1.26. The van der Waals surface area contributed by atoms with Crippen molar-refractivity contribution in [3.8, 4) is 5.75 Å². The smallest absolute Gasteiger partial charge is 0.144 e. The monoisotopic (exact) mass is 326 g/mol. The Morgan fingerprint density at radius 1 is 1.33 bits per heavy atom. The van der Waals surface area contributed by atoms with Gasteiger partial charge in [0.15, 0.2) is 0 Å². The lowest BCUT2D eigenvalue weighted by atomic mass is 10.2. The van der Waals surface area contributed by atoms with Crippen LogP contribution in [0, 0.1) is 6.92 Å². The van der Waals surface area contributed by atoms with Crippen molar-refractivity contribution in [3.05, 3.63) is 45.5 Å². The average molecular weight is 328 g/mol. The maximum Gasteiger partial charge on any atom is 0.144 e. The predicted octanol–water partition coefficient (Wildman–Crippen LogP) is 4.56. The number of pyridine rings is 1. The zero-order valence-corrected chi connectivity index (χ0v) is 12.3. The quantitative estimate of drug-likeness (QED) is 0.897. The van der Waals surface area contributed by atoms with Crippen LogP contribution in [-0.4, -0.2) is 12.1 Å². The summed E-state index contributed by atoms with van der Waals surface area (Å²) in [6.45, 7) is 1.99. The van der Waals surface area contributed by atoms with Gasteiger partial charge in [-0.25, -0.2) is 4.98 Å². The van der Waals surface area contributed by atoms with E-state index < -0.39 is 0 Å². The molecule has 0 radical (unpaired) electrons. The molecule has 2 rings (SSSR count). The molecule has 0 fully saturated rings. The van der Waals surface area contributed by atoms with Gasteiger partial charge in [0.2, 0.25) is 0 Å². The van der Waals surface area contributed by atoms with Crippen LogP contribution in [0.3, 0.4) is 0 Å². The van der Waals surface area contributed by atoms with Crippen molar-refractivity contribution in [1.29, 1.82) is 0 Å². The number of nitrogens with one attached hydrogen (secondary N) is 1. The lowest BCUT2D eigenvalue weighted by Crippen LogP contribution is -1.97. The van der Waals surface area contributed by atoms with Gasteiger partial charge in [0, 0.05) is 11.2 Å². The number of aromatic nitrogens is 1. The molecule has 0 spiro atoms. The second-order valence-electron chi connectivity index (χ2n) is 3.81. The van der Waals surface area contributed by atoms with Gasteiger partial charge in [-0.15, -0.1) is 0 Å². The van der Waals surface area contributed by atoms with E-state index in [4.69, 9.17) is 16.3 Å². The molecule has 1 aromatic carbocycles. The lowest BCUT2D eigenvalue weighted by Gasteiger charge is -2.12. The van der Waals surface area contributed by atoms with Gasteiger partial charge < -0.3 is 10.1 Å². The van der Waals surface area contributed by atoms with Gasteiger partial charge in [0.1, 0.15) is 11.6 Å². The number of ether oxygens (including phenoxy) is 1. The molecule has 0 aliphatic carbocycles. The molecule has 0 amide bonds. The second-order valence-corrected chi connectivity index (χ2v) is 5.10. The normalized spacial score (nSPS) is 10.2. The van der Waals surface area contributed by atoms with E-state index in [0.717, 1.165) is 21.5 Å². The first-order chi connectivity index (χ1) is 8.60. The number of halogens is 2. The van der Waals surface area contributed by atoms with Crippen LogP contribution in [0.4, 0.5) is 11.5 Å². The Balaban J connectivity index is 2.36. The summed E-state index contributed by atoms with van der Waals surface area (Å²) >= 11 is 9.45. The molecule has 1 heterocycles. The Morgan fingerprint density at radius 3 is 2.78 bits per heavy atom. The van der Waals surface area contributed by atoms with E-state index in [2.05, 4.69) is 26.2 Å². The van der Waals surface area contributed by atoms with Crippen molar-refractivity contribution in [2.45, 2.75) is 6.92 Å². The number of aryl methyl sites for hydroxylation is 1. The van der Waals surface area contributed by atoms with Crippen LogP contribution in [0.5, 0.6) is 5.75 Å². The maximum absolute atomic E-state index is 5.98.